The Morgan fingerprint density at radius 3 is 2.18 bits per heavy atom. The second kappa shape index (κ2) is 7.58. The number of halogens is 6. The van der Waals surface area contributed by atoms with Gasteiger partial charge in [0, 0.05) is 0 Å². The van der Waals surface area contributed by atoms with E-state index in [0.717, 1.165) is 6.07 Å². The molecule has 0 aliphatic carbocycles. The van der Waals surface area contributed by atoms with Crippen molar-refractivity contribution < 1.29 is 31.1 Å². The van der Waals surface area contributed by atoms with Crippen LogP contribution in [0.15, 0.2) is 54.6 Å². The van der Waals surface area contributed by atoms with Gasteiger partial charge < -0.3 is 4.74 Å². The molecule has 7 heteroatoms. The summed E-state index contributed by atoms with van der Waals surface area (Å²) in [4.78, 5) is 0. The Bertz CT molecular complexity index is 1040. The van der Waals surface area contributed by atoms with E-state index in [1.807, 2.05) is 19.1 Å². The van der Waals surface area contributed by atoms with Gasteiger partial charge in [-0.1, -0.05) is 24.3 Å². The van der Waals surface area contributed by atoms with Crippen LogP contribution >= 0.6 is 0 Å². The Labute approximate surface area is 156 Å². The van der Waals surface area contributed by atoms with Crippen molar-refractivity contribution in [3.8, 4) is 16.9 Å². The topological polar surface area (TPSA) is 9.23 Å². The third-order valence-electron chi connectivity index (χ3n) is 4.13. The predicted octanol–water partition coefficient (Wildman–Crippen LogP) is 6.90. The number of hydrogen-bond acceptors (Lipinski definition) is 1. The van der Waals surface area contributed by atoms with Crippen LogP contribution in [0.1, 0.15) is 12.5 Å². The molecule has 0 aliphatic rings. The molecule has 0 aliphatic heterocycles. The Morgan fingerprint density at radius 1 is 0.893 bits per heavy atom. The molecule has 0 N–H and O–H groups in total. The fourth-order valence-corrected chi connectivity index (χ4v) is 2.82. The first kappa shape index (κ1) is 19.8. The van der Waals surface area contributed by atoms with Gasteiger partial charge in [-0.3, -0.25) is 0 Å². The SMILES string of the molecule is CC=CCOc1ccc(-c2cc(F)c3c(F)c(C(F)(F)F)c(F)cc3c2)cc1. The average Bonchev–Trinajstić information content (AvgIpc) is 2.60. The Hall–Kier alpha value is -2.96. The first-order valence-electron chi connectivity index (χ1n) is 8.25. The molecule has 146 valence electrons. The van der Waals surface area contributed by atoms with Gasteiger partial charge in [0.05, 0.1) is 5.39 Å². The number of rotatable bonds is 4. The third-order valence-corrected chi connectivity index (χ3v) is 4.13. The maximum absolute atomic E-state index is 14.4. The van der Waals surface area contributed by atoms with Crippen molar-refractivity contribution in [3.05, 3.63) is 77.6 Å². The van der Waals surface area contributed by atoms with Crippen molar-refractivity contribution in [1.82, 2.24) is 0 Å². The highest BCUT2D eigenvalue weighted by Gasteiger charge is 2.39. The van der Waals surface area contributed by atoms with Crippen LogP contribution in [0, 0.1) is 17.5 Å². The summed E-state index contributed by atoms with van der Waals surface area (Å²) >= 11 is 0. The van der Waals surface area contributed by atoms with Gasteiger partial charge in [0.15, 0.2) is 0 Å². The molecule has 0 unspecified atom stereocenters. The van der Waals surface area contributed by atoms with E-state index in [1.165, 1.54) is 6.07 Å². The van der Waals surface area contributed by atoms with Crippen molar-refractivity contribution >= 4 is 10.8 Å². The van der Waals surface area contributed by atoms with Crippen molar-refractivity contribution in [2.45, 2.75) is 13.1 Å². The van der Waals surface area contributed by atoms with E-state index in [2.05, 4.69) is 0 Å². The minimum Gasteiger partial charge on any atom is -0.490 e. The third kappa shape index (κ3) is 3.83. The van der Waals surface area contributed by atoms with Crippen LogP contribution < -0.4 is 4.74 Å². The quantitative estimate of drug-likeness (QED) is 0.344. The molecule has 0 saturated carbocycles. The van der Waals surface area contributed by atoms with Crippen LogP contribution in [-0.4, -0.2) is 6.61 Å². The number of benzene rings is 3. The highest BCUT2D eigenvalue weighted by Crippen LogP contribution is 2.38. The van der Waals surface area contributed by atoms with Crippen molar-refractivity contribution in [1.29, 1.82) is 0 Å². The van der Waals surface area contributed by atoms with Gasteiger partial charge in [-0.2, -0.15) is 13.2 Å². The minimum atomic E-state index is -5.27. The molecule has 0 aromatic heterocycles. The summed E-state index contributed by atoms with van der Waals surface area (Å²) in [5, 5.41) is -1.20. The zero-order chi connectivity index (χ0) is 20.5. The molecule has 0 spiro atoms. The second-order valence-corrected chi connectivity index (χ2v) is 6.01. The normalized spacial score (nSPS) is 12.1. The Kier molecular flexibility index (Phi) is 5.36. The van der Waals surface area contributed by atoms with Crippen LogP contribution in [0.5, 0.6) is 5.75 Å². The molecule has 3 rings (SSSR count). The molecule has 1 nitrogen and oxygen atoms in total. The van der Waals surface area contributed by atoms with Gasteiger partial charge in [-0.05, 0) is 53.8 Å². The summed E-state index contributed by atoms with van der Waals surface area (Å²) < 4.78 is 86.4. The summed E-state index contributed by atoms with van der Waals surface area (Å²) in [5.41, 5.74) is -1.32. The first-order valence-corrected chi connectivity index (χ1v) is 8.25. The molecule has 0 radical (unpaired) electrons. The first-order chi connectivity index (χ1) is 13.2. The summed E-state index contributed by atoms with van der Waals surface area (Å²) in [5.74, 6) is -4.39. The van der Waals surface area contributed by atoms with E-state index in [1.54, 1.807) is 24.3 Å². The molecule has 0 fully saturated rings. The molecular formula is C21H14F6O. The van der Waals surface area contributed by atoms with E-state index >= 15 is 0 Å². The smallest absolute Gasteiger partial charge is 0.422 e. The van der Waals surface area contributed by atoms with E-state index in [0.29, 0.717) is 24.0 Å². The second-order valence-electron chi connectivity index (χ2n) is 6.01. The van der Waals surface area contributed by atoms with Crippen LogP contribution in [0.3, 0.4) is 0 Å². The maximum atomic E-state index is 14.4. The number of allylic oxidation sites excluding steroid dienone is 1. The van der Waals surface area contributed by atoms with E-state index in [4.69, 9.17) is 4.74 Å². The molecular weight excluding hydrogens is 382 g/mol. The summed E-state index contributed by atoms with van der Waals surface area (Å²) in [6.45, 7) is 2.23. The molecule has 0 bridgehead atoms. The lowest BCUT2D eigenvalue weighted by atomic mass is 9.98. The monoisotopic (exact) mass is 396 g/mol. The standard InChI is InChI=1S/C21H14F6O/c1-2-3-8-28-15-6-4-12(5-7-15)13-9-14-11-17(23)19(21(25,26)27)20(24)18(14)16(22)10-13/h2-7,9-11H,8H2,1H3. The molecule has 0 atom stereocenters. The fourth-order valence-electron chi connectivity index (χ4n) is 2.82. The highest BCUT2D eigenvalue weighted by atomic mass is 19.4. The van der Waals surface area contributed by atoms with E-state index in [-0.39, 0.29) is 10.9 Å². The zero-order valence-corrected chi connectivity index (χ0v) is 14.6. The molecule has 0 amide bonds. The Morgan fingerprint density at radius 2 is 1.57 bits per heavy atom. The average molecular weight is 396 g/mol. The van der Waals surface area contributed by atoms with Gasteiger partial charge in [-0.15, -0.1) is 0 Å². The van der Waals surface area contributed by atoms with Crippen molar-refractivity contribution in [3.63, 3.8) is 0 Å². The van der Waals surface area contributed by atoms with Gasteiger partial charge in [0.1, 0.15) is 35.4 Å². The lowest BCUT2D eigenvalue weighted by Crippen LogP contribution is -2.12. The summed E-state index contributed by atoms with van der Waals surface area (Å²) in [6.07, 6.45) is -1.63. The number of hydrogen-bond donors (Lipinski definition) is 0. The summed E-state index contributed by atoms with van der Waals surface area (Å²) in [7, 11) is 0. The van der Waals surface area contributed by atoms with Gasteiger partial charge in [0.2, 0.25) is 0 Å². The zero-order valence-electron chi connectivity index (χ0n) is 14.6. The van der Waals surface area contributed by atoms with Gasteiger partial charge >= 0.3 is 6.18 Å². The van der Waals surface area contributed by atoms with Crippen LogP contribution in [-0.2, 0) is 6.18 Å². The summed E-state index contributed by atoms with van der Waals surface area (Å²) in [6, 6.07) is 9.14. The number of alkyl halides is 3. The molecule has 0 saturated heterocycles. The number of ether oxygens (including phenoxy) is 1. The van der Waals surface area contributed by atoms with Crippen molar-refractivity contribution in [2.24, 2.45) is 0 Å². The van der Waals surface area contributed by atoms with Crippen molar-refractivity contribution in [2.75, 3.05) is 6.61 Å². The van der Waals surface area contributed by atoms with Gasteiger partial charge in [0.25, 0.3) is 0 Å². The largest absolute Gasteiger partial charge is 0.490 e. The van der Waals surface area contributed by atoms with Crippen LogP contribution in [0.25, 0.3) is 21.9 Å². The van der Waals surface area contributed by atoms with E-state index < -0.39 is 34.6 Å². The van der Waals surface area contributed by atoms with Gasteiger partial charge in [-0.25, -0.2) is 13.2 Å². The molecule has 28 heavy (non-hydrogen) atoms. The Balaban J connectivity index is 2.05. The lowest BCUT2D eigenvalue weighted by Gasteiger charge is -2.13. The molecule has 3 aromatic rings. The predicted molar refractivity (Wildman–Crippen MR) is 94.6 cm³/mol. The van der Waals surface area contributed by atoms with Crippen LogP contribution in [0.4, 0.5) is 26.3 Å². The minimum absolute atomic E-state index is 0.267. The van der Waals surface area contributed by atoms with Crippen LogP contribution in [0.2, 0.25) is 0 Å². The highest BCUT2D eigenvalue weighted by molar-refractivity contribution is 5.89. The fraction of sp³-hybridized carbons (Fsp3) is 0.143. The molecule has 0 heterocycles. The maximum Gasteiger partial charge on any atom is 0.422 e. The van der Waals surface area contributed by atoms with E-state index in [9.17, 15) is 26.3 Å². The molecule has 3 aromatic carbocycles. The number of fused-ring (bicyclic) bond motifs is 1. The lowest BCUT2D eigenvalue weighted by molar-refractivity contribution is -0.142.